The second kappa shape index (κ2) is 12.4. The van der Waals surface area contributed by atoms with E-state index in [2.05, 4.69) is 18.3 Å². The average molecular weight is 554 g/mol. The van der Waals surface area contributed by atoms with E-state index in [1.165, 1.54) is 0 Å². The molecule has 1 aromatic heterocycles. The zero-order valence-electron chi connectivity index (χ0n) is 22.2. The number of fused-ring (bicyclic) bond motifs is 1. The van der Waals surface area contributed by atoms with Crippen molar-refractivity contribution < 1.29 is 27.9 Å². The van der Waals surface area contributed by atoms with Crippen LogP contribution < -0.4 is 16.0 Å². The molecule has 0 fully saturated rings. The van der Waals surface area contributed by atoms with Gasteiger partial charge in [-0.15, -0.1) is 0 Å². The molecule has 1 heterocycles. The number of anilines is 1. The number of carbonyl (C=O) groups is 2. The summed E-state index contributed by atoms with van der Waals surface area (Å²) in [6, 6.07) is 23.8. The second-order valence-corrected chi connectivity index (χ2v) is 9.28. The topological polar surface area (TPSA) is 124 Å². The summed E-state index contributed by atoms with van der Waals surface area (Å²) in [4.78, 5) is 24.2. The highest BCUT2D eigenvalue weighted by molar-refractivity contribution is 5.99. The SMILES string of the molecule is Cc1cccc2c1cc(C(=O)NCc1ccc(N(C)C)cc1)n2Cc1cccc(C(=N)N)c1.O=C(O)C(F)(F)F. The summed E-state index contributed by atoms with van der Waals surface area (Å²) in [5.41, 5.74) is 12.2. The monoisotopic (exact) mass is 553 g/mol. The lowest BCUT2D eigenvalue weighted by Crippen LogP contribution is -2.25. The summed E-state index contributed by atoms with van der Waals surface area (Å²) < 4.78 is 33.8. The van der Waals surface area contributed by atoms with Crippen molar-refractivity contribution in [3.8, 4) is 0 Å². The number of nitrogen functional groups attached to an aromatic ring is 1. The number of halogens is 3. The molecule has 0 spiro atoms. The molecular weight excluding hydrogens is 523 g/mol. The van der Waals surface area contributed by atoms with Gasteiger partial charge in [0.25, 0.3) is 5.91 Å². The number of amides is 1. The lowest BCUT2D eigenvalue weighted by atomic mass is 10.1. The van der Waals surface area contributed by atoms with E-state index in [0.717, 1.165) is 33.3 Å². The first-order chi connectivity index (χ1) is 18.8. The molecule has 0 saturated carbocycles. The quantitative estimate of drug-likeness (QED) is 0.191. The molecule has 0 bridgehead atoms. The molecular formula is C29H30F3N5O3. The van der Waals surface area contributed by atoms with Gasteiger partial charge < -0.3 is 25.6 Å². The zero-order valence-corrected chi connectivity index (χ0v) is 22.2. The van der Waals surface area contributed by atoms with Crippen molar-refractivity contribution in [3.05, 3.63) is 101 Å². The largest absolute Gasteiger partial charge is 0.490 e. The van der Waals surface area contributed by atoms with Crippen molar-refractivity contribution in [2.24, 2.45) is 5.73 Å². The molecule has 0 radical (unpaired) electrons. The average Bonchev–Trinajstić information content (AvgIpc) is 3.27. The first-order valence-electron chi connectivity index (χ1n) is 12.1. The minimum atomic E-state index is -5.08. The predicted octanol–water partition coefficient (Wildman–Crippen LogP) is 4.91. The molecule has 0 aliphatic carbocycles. The number of carbonyl (C=O) groups excluding carboxylic acids is 1. The van der Waals surface area contributed by atoms with Gasteiger partial charge in [0.1, 0.15) is 11.5 Å². The second-order valence-electron chi connectivity index (χ2n) is 9.28. The Hall–Kier alpha value is -4.80. The highest BCUT2D eigenvalue weighted by Crippen LogP contribution is 2.25. The Morgan fingerprint density at radius 3 is 2.20 bits per heavy atom. The lowest BCUT2D eigenvalue weighted by Gasteiger charge is -2.14. The number of nitrogens with two attached hydrogens (primary N) is 1. The normalized spacial score (nSPS) is 10.9. The minimum Gasteiger partial charge on any atom is -0.475 e. The summed E-state index contributed by atoms with van der Waals surface area (Å²) in [6.45, 7) is 3.01. The molecule has 0 atom stereocenters. The van der Waals surface area contributed by atoms with Gasteiger partial charge in [0, 0.05) is 49.3 Å². The van der Waals surface area contributed by atoms with Crippen molar-refractivity contribution in [1.29, 1.82) is 5.41 Å². The molecule has 40 heavy (non-hydrogen) atoms. The van der Waals surface area contributed by atoms with Gasteiger partial charge in [-0.05, 0) is 53.9 Å². The third-order valence-electron chi connectivity index (χ3n) is 6.12. The molecule has 0 unspecified atom stereocenters. The summed E-state index contributed by atoms with van der Waals surface area (Å²) in [6.07, 6.45) is -5.08. The Morgan fingerprint density at radius 2 is 1.62 bits per heavy atom. The van der Waals surface area contributed by atoms with Crippen molar-refractivity contribution in [2.45, 2.75) is 26.2 Å². The van der Waals surface area contributed by atoms with Crippen LogP contribution in [0.25, 0.3) is 10.9 Å². The number of hydrogen-bond donors (Lipinski definition) is 4. The highest BCUT2D eigenvalue weighted by atomic mass is 19.4. The van der Waals surface area contributed by atoms with Crippen molar-refractivity contribution >= 4 is 34.3 Å². The fourth-order valence-corrected chi connectivity index (χ4v) is 4.00. The number of nitrogens with zero attached hydrogens (tertiary/aromatic N) is 2. The van der Waals surface area contributed by atoms with Crippen LogP contribution >= 0.6 is 0 Å². The number of hydrogen-bond acceptors (Lipinski definition) is 4. The Morgan fingerprint density at radius 1 is 1.00 bits per heavy atom. The molecule has 0 saturated heterocycles. The number of rotatable bonds is 7. The number of carboxylic acid groups (broad SMARTS) is 1. The standard InChI is InChI=1S/C27H29N5O.C2HF3O2/c1-18-6-4-9-24-23(18)15-25(32(24)17-20-7-5-8-21(14-20)26(28)29)27(33)30-16-19-10-12-22(13-11-19)31(2)3;3-2(4,5)1(6)7/h4-15H,16-17H2,1-3H3,(H3,28,29)(H,30,33);(H,6,7). The van der Waals surface area contributed by atoms with E-state index in [1.807, 2.05) is 90.3 Å². The Bertz CT molecular complexity index is 1530. The van der Waals surface area contributed by atoms with Gasteiger partial charge in [-0.25, -0.2) is 4.79 Å². The van der Waals surface area contributed by atoms with E-state index in [-0.39, 0.29) is 11.7 Å². The summed E-state index contributed by atoms with van der Waals surface area (Å²) >= 11 is 0. The molecule has 5 N–H and O–H groups in total. The molecule has 1 amide bonds. The van der Waals surface area contributed by atoms with Crippen LogP contribution in [0, 0.1) is 12.3 Å². The van der Waals surface area contributed by atoms with E-state index in [4.69, 9.17) is 21.0 Å². The van der Waals surface area contributed by atoms with Crippen molar-refractivity contribution in [1.82, 2.24) is 9.88 Å². The molecule has 4 rings (SSSR count). The van der Waals surface area contributed by atoms with Gasteiger partial charge in [0.05, 0.1) is 0 Å². The van der Waals surface area contributed by atoms with E-state index in [0.29, 0.717) is 24.3 Å². The first kappa shape index (κ1) is 29.8. The van der Waals surface area contributed by atoms with Crippen LogP contribution in [0.5, 0.6) is 0 Å². The fraction of sp³-hybridized carbons (Fsp3) is 0.207. The smallest absolute Gasteiger partial charge is 0.475 e. The van der Waals surface area contributed by atoms with Crippen LogP contribution in [0.3, 0.4) is 0 Å². The fourth-order valence-electron chi connectivity index (χ4n) is 4.00. The number of benzene rings is 3. The first-order valence-corrected chi connectivity index (χ1v) is 12.1. The third kappa shape index (κ3) is 7.40. The number of nitrogens with one attached hydrogen (secondary N) is 2. The molecule has 0 aliphatic heterocycles. The number of alkyl halides is 3. The van der Waals surface area contributed by atoms with Crippen LogP contribution in [0.4, 0.5) is 18.9 Å². The van der Waals surface area contributed by atoms with Crippen LogP contribution in [0.15, 0.2) is 72.8 Å². The van der Waals surface area contributed by atoms with Crippen molar-refractivity contribution in [3.63, 3.8) is 0 Å². The van der Waals surface area contributed by atoms with Crippen LogP contribution in [-0.4, -0.2) is 47.7 Å². The van der Waals surface area contributed by atoms with Gasteiger partial charge >= 0.3 is 12.1 Å². The number of amidine groups is 1. The predicted molar refractivity (Wildman–Crippen MR) is 149 cm³/mol. The van der Waals surface area contributed by atoms with Crippen LogP contribution in [0.2, 0.25) is 0 Å². The zero-order chi connectivity index (χ0) is 29.6. The van der Waals surface area contributed by atoms with E-state index in [9.17, 15) is 18.0 Å². The minimum absolute atomic E-state index is 0.0308. The maximum atomic E-state index is 13.3. The summed E-state index contributed by atoms with van der Waals surface area (Å²) in [5, 5.41) is 19.0. The third-order valence-corrected chi connectivity index (χ3v) is 6.12. The maximum absolute atomic E-state index is 13.3. The summed E-state index contributed by atoms with van der Waals surface area (Å²) in [5.74, 6) is -2.85. The van der Waals surface area contributed by atoms with Gasteiger partial charge in [-0.2, -0.15) is 13.2 Å². The maximum Gasteiger partial charge on any atom is 0.490 e. The van der Waals surface area contributed by atoms with Gasteiger partial charge in [-0.3, -0.25) is 10.2 Å². The Balaban J connectivity index is 0.000000559. The molecule has 8 nitrogen and oxygen atoms in total. The van der Waals surface area contributed by atoms with Gasteiger partial charge in [-0.1, -0.05) is 42.5 Å². The number of carboxylic acids is 1. The van der Waals surface area contributed by atoms with Gasteiger partial charge in [0.2, 0.25) is 0 Å². The molecule has 0 aliphatic rings. The molecule has 11 heteroatoms. The van der Waals surface area contributed by atoms with E-state index < -0.39 is 12.1 Å². The highest BCUT2D eigenvalue weighted by Gasteiger charge is 2.38. The van der Waals surface area contributed by atoms with Gasteiger partial charge in [0.15, 0.2) is 0 Å². The molecule has 210 valence electrons. The lowest BCUT2D eigenvalue weighted by molar-refractivity contribution is -0.192. The molecule has 3 aromatic carbocycles. The Kier molecular flexibility index (Phi) is 9.20. The molecule has 4 aromatic rings. The Labute approximate surface area is 229 Å². The van der Waals surface area contributed by atoms with Crippen molar-refractivity contribution in [2.75, 3.05) is 19.0 Å². The van der Waals surface area contributed by atoms with E-state index >= 15 is 0 Å². The summed E-state index contributed by atoms with van der Waals surface area (Å²) in [7, 11) is 4.01. The number of aliphatic carboxylic acids is 1. The number of aromatic nitrogens is 1. The van der Waals surface area contributed by atoms with E-state index in [1.54, 1.807) is 0 Å². The number of aryl methyl sites for hydroxylation is 1. The van der Waals surface area contributed by atoms with Crippen LogP contribution in [-0.2, 0) is 17.9 Å². The van der Waals surface area contributed by atoms with Crippen LogP contribution in [0.1, 0.15) is 32.7 Å².